The van der Waals surface area contributed by atoms with E-state index in [1.165, 1.54) is 0 Å². The van der Waals surface area contributed by atoms with Crippen LogP contribution in [-0.4, -0.2) is 42.1 Å². The molecule has 1 atom stereocenters. The quantitative estimate of drug-likeness (QED) is 0.681. The van der Waals surface area contributed by atoms with Crippen molar-refractivity contribution in [2.75, 3.05) is 6.54 Å². The van der Waals surface area contributed by atoms with Crippen LogP contribution in [0, 0.1) is 0 Å². The van der Waals surface area contributed by atoms with Gasteiger partial charge in [0, 0.05) is 25.4 Å². The number of rotatable bonds is 5. The van der Waals surface area contributed by atoms with Crippen LogP contribution in [0.4, 0.5) is 0 Å². The Hall–Kier alpha value is -3.23. The fourth-order valence-corrected chi connectivity index (χ4v) is 4.09. The molecule has 9 heteroatoms. The van der Waals surface area contributed by atoms with Crippen molar-refractivity contribution < 1.29 is 4.79 Å². The molecule has 3 aromatic rings. The van der Waals surface area contributed by atoms with Crippen LogP contribution < -0.4 is 11.2 Å². The summed E-state index contributed by atoms with van der Waals surface area (Å²) in [5, 5.41) is 5.96. The fourth-order valence-electron chi connectivity index (χ4n) is 4.09. The van der Waals surface area contributed by atoms with Gasteiger partial charge in [0.15, 0.2) is 0 Å². The molecule has 1 saturated heterocycles. The summed E-state index contributed by atoms with van der Waals surface area (Å²) in [5.41, 5.74) is 0.946. The first-order valence-electron chi connectivity index (χ1n) is 9.90. The van der Waals surface area contributed by atoms with Crippen molar-refractivity contribution in [2.45, 2.75) is 51.6 Å². The molecule has 0 saturated carbocycles. The lowest BCUT2D eigenvalue weighted by molar-refractivity contribution is -0.132. The highest BCUT2D eigenvalue weighted by atomic mass is 16.2. The van der Waals surface area contributed by atoms with Crippen LogP contribution >= 0.6 is 0 Å². The van der Waals surface area contributed by atoms with Gasteiger partial charge in [-0.1, -0.05) is 12.1 Å². The minimum atomic E-state index is -0.655. The topological polar surface area (TPSA) is 117 Å². The summed E-state index contributed by atoms with van der Waals surface area (Å²) in [4.78, 5) is 44.7. The van der Waals surface area contributed by atoms with Gasteiger partial charge in [0.1, 0.15) is 11.5 Å². The number of nitrogens with one attached hydrogen (secondary N) is 2. The number of fused-ring (bicyclic) bond motifs is 1. The number of imidazole rings is 1. The zero-order valence-electron chi connectivity index (χ0n) is 16.5. The fraction of sp³-hybridized carbons (Fsp3) is 0.450. The van der Waals surface area contributed by atoms with Crippen LogP contribution in [0.5, 0.6) is 0 Å². The lowest BCUT2D eigenvalue weighted by Gasteiger charge is -2.26. The van der Waals surface area contributed by atoms with Crippen LogP contribution in [0.15, 0.2) is 33.9 Å². The first-order chi connectivity index (χ1) is 14.0. The summed E-state index contributed by atoms with van der Waals surface area (Å²) in [7, 11) is 0. The minimum absolute atomic E-state index is 0.0396. The molecule has 152 valence electrons. The first-order valence-corrected chi connectivity index (χ1v) is 9.90. The van der Waals surface area contributed by atoms with Crippen molar-refractivity contribution in [1.29, 1.82) is 0 Å². The maximum atomic E-state index is 13.0. The van der Waals surface area contributed by atoms with Gasteiger partial charge in [-0.05, 0) is 38.8 Å². The largest absolute Gasteiger partial charge is 0.342 e. The molecule has 0 spiro atoms. The van der Waals surface area contributed by atoms with Crippen molar-refractivity contribution in [1.82, 2.24) is 29.6 Å². The molecule has 0 unspecified atom stereocenters. The number of H-pyrrole nitrogens is 2. The normalized spacial score (nSPS) is 16.8. The van der Waals surface area contributed by atoms with Gasteiger partial charge in [-0.15, -0.1) is 0 Å². The number of benzene rings is 1. The molecule has 1 amide bonds. The second-order valence-corrected chi connectivity index (χ2v) is 7.62. The average molecular weight is 396 g/mol. The Kier molecular flexibility index (Phi) is 5.04. The molecule has 0 bridgehead atoms. The smallest absolute Gasteiger partial charge is 0.332 e. The Bertz CT molecular complexity index is 1160. The molecular formula is C20H24N6O3. The molecular weight excluding hydrogens is 372 g/mol. The zero-order valence-corrected chi connectivity index (χ0v) is 16.5. The van der Waals surface area contributed by atoms with E-state index in [2.05, 4.69) is 39.7 Å². The number of hydrogen-bond donors (Lipinski definition) is 2. The summed E-state index contributed by atoms with van der Waals surface area (Å²) in [5.74, 6) is 0.870. The second-order valence-electron chi connectivity index (χ2n) is 7.62. The monoisotopic (exact) mass is 396 g/mol. The van der Waals surface area contributed by atoms with E-state index in [0.29, 0.717) is 6.54 Å². The third kappa shape index (κ3) is 3.59. The number of carbonyl (C=O) groups excluding carboxylic acids is 1. The number of likely N-dealkylation sites (tertiary alicyclic amines) is 1. The summed E-state index contributed by atoms with van der Waals surface area (Å²) < 4.78 is 2.21. The van der Waals surface area contributed by atoms with Gasteiger partial charge in [0.25, 0.3) is 5.56 Å². The lowest BCUT2D eigenvalue weighted by atomic mass is 10.1. The molecule has 2 aromatic heterocycles. The SMILES string of the molecule is CC(C)n1c([C@H]2CCCN2C(=O)CCc2n[nH]c(=O)[nH]c2=O)nc2ccccc21. The van der Waals surface area contributed by atoms with Crippen LogP contribution in [0.25, 0.3) is 11.0 Å². The summed E-state index contributed by atoms with van der Waals surface area (Å²) >= 11 is 0. The van der Waals surface area contributed by atoms with Crippen LogP contribution in [0.1, 0.15) is 56.7 Å². The van der Waals surface area contributed by atoms with Gasteiger partial charge in [-0.3, -0.25) is 14.6 Å². The maximum absolute atomic E-state index is 13.0. The van der Waals surface area contributed by atoms with Gasteiger partial charge in [0.2, 0.25) is 5.91 Å². The van der Waals surface area contributed by atoms with E-state index in [1.807, 2.05) is 23.1 Å². The van der Waals surface area contributed by atoms with Crippen molar-refractivity contribution in [3.05, 3.63) is 56.6 Å². The highest BCUT2D eigenvalue weighted by Crippen LogP contribution is 2.35. The average Bonchev–Trinajstić information content (AvgIpc) is 3.31. The number of nitrogens with zero attached hydrogens (tertiary/aromatic N) is 4. The van der Waals surface area contributed by atoms with Crippen LogP contribution in [0.2, 0.25) is 0 Å². The maximum Gasteiger partial charge on any atom is 0.342 e. The van der Waals surface area contributed by atoms with Gasteiger partial charge in [0.05, 0.1) is 17.1 Å². The Labute approximate surface area is 166 Å². The van der Waals surface area contributed by atoms with Crippen LogP contribution in [0.3, 0.4) is 0 Å². The van der Waals surface area contributed by atoms with Gasteiger partial charge < -0.3 is 9.47 Å². The second kappa shape index (κ2) is 7.65. The third-order valence-electron chi connectivity index (χ3n) is 5.37. The highest BCUT2D eigenvalue weighted by molar-refractivity contribution is 5.78. The van der Waals surface area contributed by atoms with Gasteiger partial charge in [-0.25, -0.2) is 14.9 Å². The number of aryl methyl sites for hydroxylation is 1. The van der Waals surface area contributed by atoms with Gasteiger partial charge >= 0.3 is 5.69 Å². The van der Waals surface area contributed by atoms with E-state index < -0.39 is 11.2 Å². The highest BCUT2D eigenvalue weighted by Gasteiger charge is 2.34. The number of amides is 1. The predicted molar refractivity (Wildman–Crippen MR) is 108 cm³/mol. The summed E-state index contributed by atoms with van der Waals surface area (Å²) in [6.45, 7) is 4.90. The summed E-state index contributed by atoms with van der Waals surface area (Å²) in [6, 6.07) is 8.15. The minimum Gasteiger partial charge on any atom is -0.332 e. The van der Waals surface area contributed by atoms with Crippen LogP contribution in [-0.2, 0) is 11.2 Å². The molecule has 0 aliphatic carbocycles. The molecule has 4 rings (SSSR count). The van der Waals surface area contributed by atoms with E-state index in [-0.39, 0.29) is 36.5 Å². The first kappa shape index (κ1) is 19.1. The Morgan fingerprint density at radius 1 is 1.28 bits per heavy atom. The Morgan fingerprint density at radius 3 is 2.83 bits per heavy atom. The molecule has 1 aliphatic rings. The Morgan fingerprint density at radius 2 is 2.07 bits per heavy atom. The molecule has 29 heavy (non-hydrogen) atoms. The van der Waals surface area contributed by atoms with Crippen molar-refractivity contribution in [3.63, 3.8) is 0 Å². The van der Waals surface area contributed by atoms with E-state index in [4.69, 9.17) is 4.98 Å². The number of aromatic nitrogens is 5. The van der Waals surface area contributed by atoms with Crippen molar-refractivity contribution >= 4 is 16.9 Å². The zero-order chi connectivity index (χ0) is 20.5. The Balaban J connectivity index is 1.58. The third-order valence-corrected chi connectivity index (χ3v) is 5.37. The van der Waals surface area contributed by atoms with Crippen molar-refractivity contribution in [3.8, 4) is 0 Å². The molecule has 0 radical (unpaired) electrons. The predicted octanol–water partition coefficient (Wildman–Crippen LogP) is 1.69. The number of aromatic amines is 2. The van der Waals surface area contributed by atoms with E-state index in [0.717, 1.165) is 29.7 Å². The molecule has 9 nitrogen and oxygen atoms in total. The van der Waals surface area contributed by atoms with E-state index in [1.54, 1.807) is 0 Å². The van der Waals surface area contributed by atoms with E-state index >= 15 is 0 Å². The van der Waals surface area contributed by atoms with Crippen molar-refractivity contribution in [2.24, 2.45) is 0 Å². The molecule has 1 aliphatic heterocycles. The summed E-state index contributed by atoms with van der Waals surface area (Å²) in [6.07, 6.45) is 2.10. The number of para-hydroxylation sites is 2. The molecule has 2 N–H and O–H groups in total. The molecule has 1 aromatic carbocycles. The molecule has 3 heterocycles. The lowest BCUT2D eigenvalue weighted by Crippen LogP contribution is -2.33. The molecule has 1 fully saturated rings. The van der Waals surface area contributed by atoms with E-state index in [9.17, 15) is 14.4 Å². The number of carbonyl (C=O) groups is 1. The van der Waals surface area contributed by atoms with Gasteiger partial charge in [-0.2, -0.15) is 5.10 Å². The standard InChI is InChI=1S/C20H24N6O3/c1-12(2)26-15-7-4-3-6-13(15)21-18(26)16-8-5-11-25(16)17(27)10-9-14-19(28)22-20(29)24-23-14/h3-4,6-7,12,16H,5,8-11H2,1-2H3,(H2,22,24,28,29)/t16-/m1/s1. The number of hydrogen-bond acceptors (Lipinski definition) is 5.